The Morgan fingerprint density at radius 1 is 1.00 bits per heavy atom. The van der Waals surface area contributed by atoms with E-state index in [9.17, 15) is 9.60 Å². The van der Waals surface area contributed by atoms with Crippen LogP contribution in [0, 0.1) is 12.7 Å². The highest BCUT2D eigenvalue weighted by atomic mass is 19.1. The van der Waals surface area contributed by atoms with Gasteiger partial charge in [0.15, 0.2) is 5.84 Å². The third-order valence-corrected chi connectivity index (χ3v) is 5.36. The first-order valence-electron chi connectivity index (χ1n) is 10.3. The highest BCUT2D eigenvalue weighted by Crippen LogP contribution is 2.23. The maximum atomic E-state index is 14.0. The van der Waals surface area contributed by atoms with Crippen molar-refractivity contribution in [2.75, 3.05) is 31.1 Å². The number of para-hydroxylation sites is 1. The van der Waals surface area contributed by atoms with Gasteiger partial charge in [0.2, 0.25) is 5.88 Å². The smallest absolute Gasteiger partial charge is 0.225 e. The summed E-state index contributed by atoms with van der Waals surface area (Å²) >= 11 is 0. The lowest BCUT2D eigenvalue weighted by molar-refractivity contribution is 0.280. The van der Waals surface area contributed by atoms with Crippen molar-refractivity contribution in [1.29, 1.82) is 0 Å². The Bertz CT molecular complexity index is 1050. The van der Waals surface area contributed by atoms with Gasteiger partial charge in [0.1, 0.15) is 12.4 Å². The SMILES string of the molecule is Cc1ccc(/C(=N/O)N2CCN(c3ccccc3)CC2)c(OCc2ccccc2F)n1. The van der Waals surface area contributed by atoms with E-state index >= 15 is 0 Å². The number of hydrogen-bond donors (Lipinski definition) is 1. The van der Waals surface area contributed by atoms with Gasteiger partial charge < -0.3 is 19.7 Å². The molecular formula is C24H25FN4O2. The van der Waals surface area contributed by atoms with Gasteiger partial charge in [-0.25, -0.2) is 9.37 Å². The lowest BCUT2D eigenvalue weighted by Gasteiger charge is -2.37. The third-order valence-electron chi connectivity index (χ3n) is 5.36. The molecule has 31 heavy (non-hydrogen) atoms. The van der Waals surface area contributed by atoms with Crippen LogP contribution in [-0.2, 0) is 6.61 Å². The first-order valence-corrected chi connectivity index (χ1v) is 10.3. The highest BCUT2D eigenvalue weighted by molar-refractivity contribution is 6.00. The van der Waals surface area contributed by atoms with Gasteiger partial charge in [-0.05, 0) is 37.3 Å². The number of nitrogens with zero attached hydrogens (tertiary/aromatic N) is 4. The van der Waals surface area contributed by atoms with E-state index in [4.69, 9.17) is 4.74 Å². The van der Waals surface area contributed by atoms with Crippen LogP contribution in [0.15, 0.2) is 71.9 Å². The molecule has 4 rings (SSSR count). The Hall–Kier alpha value is -3.61. The molecule has 0 aliphatic carbocycles. The minimum atomic E-state index is -0.329. The fourth-order valence-corrected chi connectivity index (χ4v) is 3.68. The van der Waals surface area contributed by atoms with E-state index in [2.05, 4.69) is 27.2 Å². The fourth-order valence-electron chi connectivity index (χ4n) is 3.68. The van der Waals surface area contributed by atoms with Crippen LogP contribution in [0.4, 0.5) is 10.1 Å². The second kappa shape index (κ2) is 9.47. The number of aryl methyl sites for hydroxylation is 1. The van der Waals surface area contributed by atoms with Crippen molar-refractivity contribution in [3.8, 4) is 5.88 Å². The Balaban J connectivity index is 1.50. The minimum Gasteiger partial charge on any atom is -0.472 e. The lowest BCUT2D eigenvalue weighted by Crippen LogP contribution is -2.49. The molecule has 3 aromatic rings. The number of halogens is 1. The molecule has 6 nitrogen and oxygen atoms in total. The molecule has 1 aromatic heterocycles. The third kappa shape index (κ3) is 4.77. The maximum absolute atomic E-state index is 14.0. The Morgan fingerprint density at radius 2 is 1.71 bits per heavy atom. The topological polar surface area (TPSA) is 61.2 Å². The number of piperazine rings is 1. The van der Waals surface area contributed by atoms with Crippen molar-refractivity contribution >= 4 is 11.5 Å². The fraction of sp³-hybridized carbons (Fsp3) is 0.250. The van der Waals surface area contributed by atoms with Gasteiger partial charge in [0.25, 0.3) is 0 Å². The van der Waals surface area contributed by atoms with Crippen LogP contribution in [0.5, 0.6) is 5.88 Å². The number of oxime groups is 1. The first kappa shape index (κ1) is 20.7. The van der Waals surface area contributed by atoms with Crippen molar-refractivity contribution in [3.63, 3.8) is 0 Å². The van der Waals surface area contributed by atoms with Gasteiger partial charge >= 0.3 is 0 Å². The van der Waals surface area contributed by atoms with Crippen LogP contribution >= 0.6 is 0 Å². The zero-order valence-electron chi connectivity index (χ0n) is 17.4. The van der Waals surface area contributed by atoms with Crippen molar-refractivity contribution in [3.05, 3.63) is 89.4 Å². The van der Waals surface area contributed by atoms with E-state index in [0.717, 1.165) is 18.8 Å². The summed E-state index contributed by atoms with van der Waals surface area (Å²) in [6, 6.07) is 20.4. The Kier molecular flexibility index (Phi) is 6.31. The van der Waals surface area contributed by atoms with Crippen LogP contribution in [0.1, 0.15) is 16.8 Å². The van der Waals surface area contributed by atoms with Gasteiger partial charge in [0, 0.05) is 43.1 Å². The molecule has 0 atom stereocenters. The summed E-state index contributed by atoms with van der Waals surface area (Å²) in [5, 5.41) is 13.4. The number of hydrogen-bond acceptors (Lipinski definition) is 5. The van der Waals surface area contributed by atoms with Crippen LogP contribution in [0.25, 0.3) is 0 Å². The predicted molar refractivity (Wildman–Crippen MR) is 118 cm³/mol. The van der Waals surface area contributed by atoms with Gasteiger partial charge in [-0.1, -0.05) is 41.6 Å². The number of benzene rings is 2. The van der Waals surface area contributed by atoms with Crippen molar-refractivity contribution in [2.24, 2.45) is 5.16 Å². The maximum Gasteiger partial charge on any atom is 0.225 e. The standard InChI is InChI=1S/C24H25FN4O2/c1-18-11-12-21(24(26-18)31-17-19-7-5-6-10-22(19)25)23(27-30)29-15-13-28(14-16-29)20-8-3-2-4-9-20/h2-12,30H,13-17H2,1H3/b27-23-. The summed E-state index contributed by atoms with van der Waals surface area (Å²) in [4.78, 5) is 8.79. The second-order valence-corrected chi connectivity index (χ2v) is 7.42. The van der Waals surface area contributed by atoms with Crippen molar-refractivity contribution < 1.29 is 14.3 Å². The van der Waals surface area contributed by atoms with Gasteiger partial charge in [-0.3, -0.25) is 0 Å². The summed E-state index contributed by atoms with van der Waals surface area (Å²) in [6.45, 7) is 4.87. The number of ether oxygens (including phenoxy) is 1. The van der Waals surface area contributed by atoms with Crippen LogP contribution in [0.2, 0.25) is 0 Å². The molecule has 1 aliphatic heterocycles. The van der Waals surface area contributed by atoms with Gasteiger partial charge in [0.05, 0.1) is 5.56 Å². The molecule has 1 fully saturated rings. The molecule has 1 N–H and O–H groups in total. The van der Waals surface area contributed by atoms with E-state index < -0.39 is 0 Å². The van der Waals surface area contributed by atoms with E-state index in [-0.39, 0.29) is 12.4 Å². The predicted octanol–water partition coefficient (Wildman–Crippen LogP) is 4.07. The van der Waals surface area contributed by atoms with Gasteiger partial charge in [-0.15, -0.1) is 0 Å². The average Bonchev–Trinajstić information content (AvgIpc) is 2.81. The molecule has 0 saturated carbocycles. The zero-order valence-corrected chi connectivity index (χ0v) is 17.4. The zero-order chi connectivity index (χ0) is 21.6. The summed E-state index contributed by atoms with van der Waals surface area (Å²) in [5.74, 6) is 0.398. The Labute approximate surface area is 181 Å². The van der Waals surface area contributed by atoms with E-state index in [0.29, 0.717) is 35.9 Å². The summed E-state index contributed by atoms with van der Waals surface area (Å²) < 4.78 is 19.9. The summed E-state index contributed by atoms with van der Waals surface area (Å²) in [7, 11) is 0. The van der Waals surface area contributed by atoms with E-state index in [1.807, 2.05) is 42.2 Å². The number of rotatable bonds is 5. The molecule has 1 saturated heterocycles. The van der Waals surface area contributed by atoms with E-state index in [1.165, 1.54) is 11.8 Å². The molecule has 0 unspecified atom stereocenters. The summed E-state index contributed by atoms with van der Waals surface area (Å²) in [6.07, 6.45) is 0. The van der Waals surface area contributed by atoms with Crippen molar-refractivity contribution in [2.45, 2.75) is 13.5 Å². The molecule has 0 amide bonds. The molecule has 0 radical (unpaired) electrons. The molecule has 7 heteroatoms. The number of pyridine rings is 1. The summed E-state index contributed by atoms with van der Waals surface area (Å²) in [5.41, 5.74) is 2.96. The molecule has 0 spiro atoms. The molecule has 2 aromatic carbocycles. The van der Waals surface area contributed by atoms with Crippen LogP contribution < -0.4 is 9.64 Å². The van der Waals surface area contributed by atoms with Crippen LogP contribution in [-0.4, -0.2) is 47.1 Å². The molecule has 2 heterocycles. The average molecular weight is 420 g/mol. The van der Waals surface area contributed by atoms with Crippen LogP contribution in [0.3, 0.4) is 0 Å². The monoisotopic (exact) mass is 420 g/mol. The lowest BCUT2D eigenvalue weighted by atomic mass is 10.1. The molecule has 1 aliphatic rings. The second-order valence-electron chi connectivity index (χ2n) is 7.42. The van der Waals surface area contributed by atoms with Gasteiger partial charge in [-0.2, -0.15) is 0 Å². The number of amidine groups is 1. The molecule has 0 bridgehead atoms. The van der Waals surface area contributed by atoms with Crippen molar-refractivity contribution in [1.82, 2.24) is 9.88 Å². The number of anilines is 1. The highest BCUT2D eigenvalue weighted by Gasteiger charge is 2.24. The molecular weight excluding hydrogens is 395 g/mol. The Morgan fingerprint density at radius 3 is 2.42 bits per heavy atom. The molecule has 160 valence electrons. The normalized spacial score (nSPS) is 14.6. The minimum absolute atomic E-state index is 0.0383. The van der Waals surface area contributed by atoms with E-state index in [1.54, 1.807) is 18.2 Å². The first-order chi connectivity index (χ1) is 15.2. The number of aromatic nitrogens is 1. The largest absolute Gasteiger partial charge is 0.472 e. The quantitative estimate of drug-likeness (QED) is 0.292.